The standard InChI is InChI=1S/C14H18BrNO3/c1-14(2-4-19-5-3-14)9-16-12-7-10(13(17)18)6-11(15)8-12/h6-8,16H,2-5,9H2,1H3,(H,17,18). The number of benzene rings is 1. The van der Waals surface area contributed by atoms with Crippen molar-refractivity contribution in [1.82, 2.24) is 0 Å². The molecule has 1 aromatic carbocycles. The molecule has 0 bridgehead atoms. The second kappa shape index (κ2) is 5.92. The van der Waals surface area contributed by atoms with E-state index in [0.29, 0.717) is 0 Å². The Kier molecular flexibility index (Phi) is 4.47. The van der Waals surface area contributed by atoms with E-state index in [0.717, 1.165) is 42.8 Å². The molecule has 1 fully saturated rings. The molecule has 1 heterocycles. The third-order valence-electron chi connectivity index (χ3n) is 3.56. The Morgan fingerprint density at radius 2 is 2.11 bits per heavy atom. The lowest BCUT2D eigenvalue weighted by Crippen LogP contribution is -2.33. The van der Waals surface area contributed by atoms with Crippen LogP contribution < -0.4 is 5.32 Å². The number of ether oxygens (including phenoxy) is 1. The molecule has 19 heavy (non-hydrogen) atoms. The normalized spacial score (nSPS) is 18.0. The molecule has 104 valence electrons. The molecule has 1 saturated heterocycles. The van der Waals surface area contributed by atoms with E-state index in [-0.39, 0.29) is 11.0 Å². The van der Waals surface area contributed by atoms with Crippen LogP contribution in [0.25, 0.3) is 0 Å². The molecule has 0 atom stereocenters. The smallest absolute Gasteiger partial charge is 0.335 e. The van der Waals surface area contributed by atoms with Crippen molar-refractivity contribution in [1.29, 1.82) is 0 Å². The van der Waals surface area contributed by atoms with Crippen LogP contribution in [0.5, 0.6) is 0 Å². The number of hydrogen-bond acceptors (Lipinski definition) is 3. The minimum absolute atomic E-state index is 0.212. The molecule has 5 heteroatoms. The van der Waals surface area contributed by atoms with Crippen molar-refractivity contribution < 1.29 is 14.6 Å². The number of anilines is 1. The van der Waals surface area contributed by atoms with Gasteiger partial charge in [-0.1, -0.05) is 22.9 Å². The van der Waals surface area contributed by atoms with E-state index in [2.05, 4.69) is 28.2 Å². The molecule has 0 aromatic heterocycles. The van der Waals surface area contributed by atoms with Crippen molar-refractivity contribution in [3.05, 3.63) is 28.2 Å². The topological polar surface area (TPSA) is 58.6 Å². The van der Waals surface area contributed by atoms with Crippen LogP contribution in [0.15, 0.2) is 22.7 Å². The van der Waals surface area contributed by atoms with Crippen LogP contribution in [0.2, 0.25) is 0 Å². The highest BCUT2D eigenvalue weighted by Crippen LogP contribution is 2.30. The van der Waals surface area contributed by atoms with Gasteiger partial charge >= 0.3 is 5.97 Å². The summed E-state index contributed by atoms with van der Waals surface area (Å²) in [6.07, 6.45) is 2.06. The van der Waals surface area contributed by atoms with E-state index < -0.39 is 5.97 Å². The monoisotopic (exact) mass is 327 g/mol. The summed E-state index contributed by atoms with van der Waals surface area (Å²) >= 11 is 3.34. The van der Waals surface area contributed by atoms with Gasteiger partial charge in [-0.15, -0.1) is 0 Å². The van der Waals surface area contributed by atoms with Crippen molar-refractivity contribution in [3.63, 3.8) is 0 Å². The number of carboxylic acid groups (broad SMARTS) is 1. The van der Waals surface area contributed by atoms with Gasteiger partial charge in [-0.05, 0) is 36.5 Å². The molecule has 2 N–H and O–H groups in total. The van der Waals surface area contributed by atoms with Crippen LogP contribution in [0.4, 0.5) is 5.69 Å². The summed E-state index contributed by atoms with van der Waals surface area (Å²) in [5.41, 5.74) is 1.33. The number of halogens is 1. The zero-order chi connectivity index (χ0) is 13.9. The summed E-state index contributed by atoms with van der Waals surface area (Å²) in [5, 5.41) is 12.4. The zero-order valence-electron chi connectivity index (χ0n) is 10.9. The van der Waals surface area contributed by atoms with Gasteiger partial charge in [0, 0.05) is 29.9 Å². The molecule has 0 spiro atoms. The molecular formula is C14H18BrNO3. The maximum Gasteiger partial charge on any atom is 0.335 e. The van der Waals surface area contributed by atoms with E-state index >= 15 is 0 Å². The number of hydrogen-bond donors (Lipinski definition) is 2. The Bertz CT molecular complexity index is 470. The SMILES string of the molecule is CC1(CNc2cc(Br)cc(C(=O)O)c2)CCOCC1. The van der Waals surface area contributed by atoms with Crippen LogP contribution >= 0.6 is 15.9 Å². The minimum Gasteiger partial charge on any atom is -0.478 e. The average molecular weight is 328 g/mol. The summed E-state index contributed by atoms with van der Waals surface area (Å²) in [5.74, 6) is -0.915. The van der Waals surface area contributed by atoms with Gasteiger partial charge in [0.05, 0.1) is 5.56 Å². The lowest BCUT2D eigenvalue weighted by atomic mass is 9.82. The fourth-order valence-corrected chi connectivity index (χ4v) is 2.66. The number of nitrogens with one attached hydrogen (secondary N) is 1. The number of carboxylic acids is 1. The number of carbonyl (C=O) groups is 1. The van der Waals surface area contributed by atoms with Gasteiger partial charge in [0.2, 0.25) is 0 Å². The molecule has 2 rings (SSSR count). The lowest BCUT2D eigenvalue weighted by molar-refractivity contribution is 0.0300. The van der Waals surface area contributed by atoms with E-state index in [1.165, 1.54) is 0 Å². The largest absolute Gasteiger partial charge is 0.478 e. The number of rotatable bonds is 4. The predicted octanol–water partition coefficient (Wildman–Crippen LogP) is 3.38. The van der Waals surface area contributed by atoms with Crippen molar-refractivity contribution in [3.8, 4) is 0 Å². The van der Waals surface area contributed by atoms with Crippen LogP contribution in [0, 0.1) is 5.41 Å². The summed E-state index contributed by atoms with van der Waals surface area (Å²) in [4.78, 5) is 11.0. The van der Waals surface area contributed by atoms with Crippen molar-refractivity contribution >= 4 is 27.6 Å². The fraction of sp³-hybridized carbons (Fsp3) is 0.500. The molecule has 1 aliphatic heterocycles. The van der Waals surface area contributed by atoms with Gasteiger partial charge in [0.15, 0.2) is 0 Å². The van der Waals surface area contributed by atoms with Gasteiger partial charge in [0.25, 0.3) is 0 Å². The molecule has 0 unspecified atom stereocenters. The highest BCUT2D eigenvalue weighted by molar-refractivity contribution is 9.10. The van der Waals surface area contributed by atoms with Gasteiger partial charge in [-0.2, -0.15) is 0 Å². The second-order valence-corrected chi connectivity index (χ2v) is 6.23. The van der Waals surface area contributed by atoms with Crippen LogP contribution in [-0.2, 0) is 4.74 Å². The third-order valence-corrected chi connectivity index (χ3v) is 4.02. The molecule has 0 radical (unpaired) electrons. The van der Waals surface area contributed by atoms with Gasteiger partial charge in [-0.3, -0.25) is 0 Å². The van der Waals surface area contributed by atoms with Crippen molar-refractivity contribution in [2.45, 2.75) is 19.8 Å². The van der Waals surface area contributed by atoms with E-state index in [1.807, 2.05) is 6.07 Å². The summed E-state index contributed by atoms with van der Waals surface area (Å²) < 4.78 is 6.14. The average Bonchev–Trinajstić information content (AvgIpc) is 2.37. The van der Waals surface area contributed by atoms with Gasteiger partial charge in [0.1, 0.15) is 0 Å². The van der Waals surface area contributed by atoms with Crippen LogP contribution in [0.3, 0.4) is 0 Å². The van der Waals surface area contributed by atoms with E-state index in [4.69, 9.17) is 9.84 Å². The summed E-state index contributed by atoms with van der Waals surface area (Å²) in [6.45, 7) is 4.67. The Hall–Kier alpha value is -1.07. The zero-order valence-corrected chi connectivity index (χ0v) is 12.5. The van der Waals surface area contributed by atoms with Crippen LogP contribution in [-0.4, -0.2) is 30.8 Å². The maximum atomic E-state index is 11.0. The first-order valence-electron chi connectivity index (χ1n) is 6.34. The first kappa shape index (κ1) is 14.3. The second-order valence-electron chi connectivity index (χ2n) is 5.31. The Morgan fingerprint density at radius 3 is 2.74 bits per heavy atom. The third kappa shape index (κ3) is 3.94. The highest BCUT2D eigenvalue weighted by atomic mass is 79.9. The van der Waals surface area contributed by atoms with Crippen molar-refractivity contribution in [2.24, 2.45) is 5.41 Å². The Labute approximate surface area is 121 Å². The maximum absolute atomic E-state index is 11.0. The molecule has 4 nitrogen and oxygen atoms in total. The molecule has 1 aliphatic rings. The summed E-state index contributed by atoms with van der Waals surface area (Å²) in [6, 6.07) is 5.16. The quantitative estimate of drug-likeness (QED) is 0.890. The molecule has 0 saturated carbocycles. The Balaban J connectivity index is 2.04. The van der Waals surface area contributed by atoms with Gasteiger partial charge in [-0.25, -0.2) is 4.79 Å². The van der Waals surface area contributed by atoms with Gasteiger partial charge < -0.3 is 15.2 Å². The van der Waals surface area contributed by atoms with E-state index in [9.17, 15) is 4.79 Å². The minimum atomic E-state index is -0.915. The number of aromatic carboxylic acids is 1. The summed E-state index contributed by atoms with van der Waals surface area (Å²) in [7, 11) is 0. The Morgan fingerprint density at radius 1 is 1.42 bits per heavy atom. The highest BCUT2D eigenvalue weighted by Gasteiger charge is 2.27. The van der Waals surface area contributed by atoms with Crippen molar-refractivity contribution in [2.75, 3.05) is 25.1 Å². The first-order valence-corrected chi connectivity index (χ1v) is 7.13. The lowest BCUT2D eigenvalue weighted by Gasteiger charge is -2.34. The van der Waals surface area contributed by atoms with E-state index in [1.54, 1.807) is 12.1 Å². The molecular weight excluding hydrogens is 310 g/mol. The molecule has 1 aromatic rings. The first-order chi connectivity index (χ1) is 8.98. The fourth-order valence-electron chi connectivity index (χ4n) is 2.17. The van der Waals surface area contributed by atoms with Crippen LogP contribution in [0.1, 0.15) is 30.1 Å². The molecule has 0 amide bonds. The molecule has 0 aliphatic carbocycles. The predicted molar refractivity (Wildman–Crippen MR) is 77.8 cm³/mol.